The van der Waals surface area contributed by atoms with E-state index in [1.807, 2.05) is 29.6 Å². The van der Waals surface area contributed by atoms with Crippen molar-refractivity contribution in [2.24, 2.45) is 0 Å². The van der Waals surface area contributed by atoms with Crippen LogP contribution in [-0.4, -0.2) is 20.7 Å². The molecule has 0 saturated heterocycles. The van der Waals surface area contributed by atoms with Crippen molar-refractivity contribution in [2.75, 3.05) is 0 Å². The van der Waals surface area contributed by atoms with Crippen LogP contribution in [0, 0.1) is 0 Å². The molecular formula is C12H10N2O2S. The monoisotopic (exact) mass is 246 g/mol. The Hall–Kier alpha value is -2.01. The van der Waals surface area contributed by atoms with Gasteiger partial charge in [-0.15, -0.1) is 5.10 Å². The lowest BCUT2D eigenvalue weighted by Gasteiger charge is -1.98. The predicted octanol–water partition coefficient (Wildman–Crippen LogP) is 2.69. The van der Waals surface area contributed by atoms with Gasteiger partial charge < -0.3 is 5.11 Å². The van der Waals surface area contributed by atoms with E-state index >= 15 is 0 Å². The quantitative estimate of drug-likeness (QED) is 0.846. The van der Waals surface area contributed by atoms with E-state index in [4.69, 9.17) is 5.11 Å². The minimum Gasteiger partial charge on any atom is -0.478 e. The molecule has 1 aromatic carbocycles. The van der Waals surface area contributed by atoms with E-state index in [1.54, 1.807) is 13.0 Å². The van der Waals surface area contributed by atoms with E-state index in [2.05, 4.69) is 9.59 Å². The molecule has 0 aliphatic carbocycles. The van der Waals surface area contributed by atoms with Gasteiger partial charge in [-0.05, 0) is 30.1 Å². The van der Waals surface area contributed by atoms with Crippen LogP contribution in [-0.2, 0) is 4.79 Å². The van der Waals surface area contributed by atoms with E-state index in [-0.39, 0.29) is 0 Å². The lowest BCUT2D eigenvalue weighted by molar-refractivity contribution is -0.132. The van der Waals surface area contributed by atoms with Crippen molar-refractivity contribution in [3.63, 3.8) is 0 Å². The maximum atomic E-state index is 10.7. The van der Waals surface area contributed by atoms with Crippen LogP contribution in [0.4, 0.5) is 0 Å². The lowest BCUT2D eigenvalue weighted by Crippen LogP contribution is -1.95. The molecule has 5 heteroatoms. The number of aliphatic carboxylic acids is 1. The molecule has 0 aliphatic rings. The Morgan fingerprint density at radius 3 is 2.59 bits per heavy atom. The van der Waals surface area contributed by atoms with Crippen LogP contribution in [0.2, 0.25) is 0 Å². The third-order valence-corrected chi connectivity index (χ3v) is 2.79. The lowest BCUT2D eigenvalue weighted by atomic mass is 10.1. The van der Waals surface area contributed by atoms with Crippen molar-refractivity contribution in [1.29, 1.82) is 0 Å². The molecule has 0 radical (unpaired) electrons. The number of nitrogens with zero attached hydrogens (tertiary/aromatic N) is 2. The Kier molecular flexibility index (Phi) is 3.30. The molecule has 0 unspecified atom stereocenters. The summed E-state index contributed by atoms with van der Waals surface area (Å²) in [6, 6.07) is 7.53. The number of carbonyl (C=O) groups is 1. The number of carboxylic acids is 1. The average molecular weight is 246 g/mol. The Bertz CT molecular complexity index is 544. The Morgan fingerprint density at radius 1 is 1.35 bits per heavy atom. The fraction of sp³-hybridized carbons (Fsp3) is 0.0833. The Morgan fingerprint density at radius 2 is 2.06 bits per heavy atom. The second kappa shape index (κ2) is 4.88. The molecular weight excluding hydrogens is 236 g/mol. The van der Waals surface area contributed by atoms with Gasteiger partial charge in [-0.3, -0.25) is 0 Å². The van der Waals surface area contributed by atoms with Gasteiger partial charge in [-0.1, -0.05) is 28.8 Å². The van der Waals surface area contributed by atoms with Crippen molar-refractivity contribution >= 4 is 23.6 Å². The smallest absolute Gasteiger partial charge is 0.331 e. The fourth-order valence-corrected chi connectivity index (χ4v) is 1.82. The van der Waals surface area contributed by atoms with Gasteiger partial charge in [0.25, 0.3) is 0 Å². The summed E-state index contributed by atoms with van der Waals surface area (Å²) in [4.78, 5) is 10.7. The number of carboxylic acid groups (broad SMARTS) is 1. The molecule has 0 atom stereocenters. The number of aromatic nitrogens is 2. The van der Waals surface area contributed by atoms with E-state index < -0.39 is 5.97 Å². The first-order valence-corrected chi connectivity index (χ1v) is 5.79. The van der Waals surface area contributed by atoms with Gasteiger partial charge in [0.2, 0.25) is 0 Å². The molecule has 4 nitrogen and oxygen atoms in total. The second-order valence-electron chi connectivity index (χ2n) is 3.54. The number of hydrogen-bond acceptors (Lipinski definition) is 4. The summed E-state index contributed by atoms with van der Waals surface area (Å²) >= 11 is 1.30. The molecule has 1 N–H and O–H groups in total. The van der Waals surface area contributed by atoms with Crippen LogP contribution in [0.1, 0.15) is 12.5 Å². The van der Waals surface area contributed by atoms with Crippen molar-refractivity contribution in [2.45, 2.75) is 6.92 Å². The van der Waals surface area contributed by atoms with Gasteiger partial charge in [-0.2, -0.15) is 0 Å². The maximum absolute atomic E-state index is 10.7. The van der Waals surface area contributed by atoms with Gasteiger partial charge >= 0.3 is 5.97 Å². The van der Waals surface area contributed by atoms with E-state index in [1.165, 1.54) is 11.5 Å². The van der Waals surface area contributed by atoms with Crippen LogP contribution >= 0.6 is 11.5 Å². The standard InChI is InChI=1S/C12H10N2O2S/c1-8(12(15)16)6-9-2-4-10(5-3-9)11-7-17-14-13-11/h2-7H,1H3,(H,15,16)/b8-6+. The number of hydrogen-bond donors (Lipinski definition) is 1. The molecule has 86 valence electrons. The summed E-state index contributed by atoms with van der Waals surface area (Å²) in [5.41, 5.74) is 2.98. The minimum atomic E-state index is -0.905. The summed E-state index contributed by atoms with van der Waals surface area (Å²) in [5.74, 6) is -0.905. The molecule has 1 heterocycles. The van der Waals surface area contributed by atoms with Gasteiger partial charge in [0.15, 0.2) is 0 Å². The zero-order valence-corrected chi connectivity index (χ0v) is 9.94. The van der Waals surface area contributed by atoms with Gasteiger partial charge in [0.05, 0.1) is 0 Å². The molecule has 0 spiro atoms. The average Bonchev–Trinajstić information content (AvgIpc) is 2.83. The van der Waals surface area contributed by atoms with Crippen molar-refractivity contribution < 1.29 is 9.90 Å². The first-order chi connectivity index (χ1) is 8.16. The largest absolute Gasteiger partial charge is 0.478 e. The molecule has 2 aromatic rings. The number of benzene rings is 1. The van der Waals surface area contributed by atoms with E-state index in [9.17, 15) is 4.79 Å². The highest BCUT2D eigenvalue weighted by atomic mass is 32.1. The van der Waals surface area contributed by atoms with Crippen molar-refractivity contribution in [1.82, 2.24) is 9.59 Å². The zero-order chi connectivity index (χ0) is 12.3. The highest BCUT2D eigenvalue weighted by Gasteiger charge is 2.02. The highest BCUT2D eigenvalue weighted by Crippen LogP contribution is 2.19. The predicted molar refractivity (Wildman–Crippen MR) is 66.6 cm³/mol. The summed E-state index contributed by atoms with van der Waals surface area (Å²) in [5, 5.41) is 14.6. The van der Waals surface area contributed by atoms with Gasteiger partial charge in [0.1, 0.15) is 5.69 Å². The van der Waals surface area contributed by atoms with Crippen LogP contribution in [0.3, 0.4) is 0 Å². The van der Waals surface area contributed by atoms with E-state index in [0.29, 0.717) is 5.57 Å². The Labute approximate surface area is 102 Å². The van der Waals surface area contributed by atoms with Crippen LogP contribution < -0.4 is 0 Å². The van der Waals surface area contributed by atoms with Crippen LogP contribution in [0.25, 0.3) is 17.3 Å². The van der Waals surface area contributed by atoms with Gasteiger partial charge in [0, 0.05) is 16.5 Å². The van der Waals surface area contributed by atoms with Crippen LogP contribution in [0.5, 0.6) is 0 Å². The molecule has 0 fully saturated rings. The van der Waals surface area contributed by atoms with Gasteiger partial charge in [-0.25, -0.2) is 4.79 Å². The maximum Gasteiger partial charge on any atom is 0.331 e. The second-order valence-corrected chi connectivity index (χ2v) is 4.15. The fourth-order valence-electron chi connectivity index (χ4n) is 1.35. The molecule has 0 amide bonds. The van der Waals surface area contributed by atoms with Crippen molar-refractivity contribution in [3.05, 3.63) is 40.8 Å². The molecule has 2 rings (SSSR count). The number of rotatable bonds is 3. The summed E-state index contributed by atoms with van der Waals surface area (Å²) in [7, 11) is 0. The molecule has 0 saturated carbocycles. The van der Waals surface area contributed by atoms with Crippen molar-refractivity contribution in [3.8, 4) is 11.3 Å². The zero-order valence-electron chi connectivity index (χ0n) is 9.12. The first kappa shape index (κ1) is 11.5. The minimum absolute atomic E-state index is 0.313. The SMILES string of the molecule is C/C(=C\c1ccc(-c2csnn2)cc1)C(=O)O. The summed E-state index contributed by atoms with van der Waals surface area (Å²) in [6.45, 7) is 1.57. The third-order valence-electron chi connectivity index (χ3n) is 2.29. The third kappa shape index (κ3) is 2.76. The molecule has 1 aromatic heterocycles. The normalized spacial score (nSPS) is 11.5. The Balaban J connectivity index is 2.25. The first-order valence-electron chi connectivity index (χ1n) is 4.96. The molecule has 17 heavy (non-hydrogen) atoms. The summed E-state index contributed by atoms with van der Waals surface area (Å²) in [6.07, 6.45) is 1.63. The molecule has 0 aliphatic heterocycles. The summed E-state index contributed by atoms with van der Waals surface area (Å²) < 4.78 is 3.79. The van der Waals surface area contributed by atoms with E-state index in [0.717, 1.165) is 16.8 Å². The topological polar surface area (TPSA) is 63.1 Å². The molecule has 0 bridgehead atoms. The van der Waals surface area contributed by atoms with Crippen LogP contribution in [0.15, 0.2) is 35.2 Å². The highest BCUT2D eigenvalue weighted by molar-refractivity contribution is 7.03.